The van der Waals surface area contributed by atoms with Gasteiger partial charge in [0.25, 0.3) is 0 Å². The van der Waals surface area contributed by atoms with Crippen LogP contribution in [0.25, 0.3) is 22.3 Å². The Hall–Kier alpha value is -1.55. The minimum atomic E-state index is 0.314. The summed E-state index contributed by atoms with van der Waals surface area (Å²) in [7, 11) is 0. The molecule has 6 heteroatoms. The van der Waals surface area contributed by atoms with Crippen LogP contribution in [0.3, 0.4) is 0 Å². The van der Waals surface area contributed by atoms with E-state index < -0.39 is 0 Å². The molecule has 0 aliphatic heterocycles. The zero-order chi connectivity index (χ0) is 14.3. The lowest BCUT2D eigenvalue weighted by Gasteiger charge is -2.08. The molecule has 0 saturated carbocycles. The van der Waals surface area contributed by atoms with Gasteiger partial charge < -0.3 is 5.73 Å². The zero-order valence-electron chi connectivity index (χ0n) is 10.1. The fourth-order valence-corrected chi connectivity index (χ4v) is 2.70. The van der Waals surface area contributed by atoms with Gasteiger partial charge >= 0.3 is 0 Å². The van der Waals surface area contributed by atoms with Crippen molar-refractivity contribution in [3.8, 4) is 11.4 Å². The quantitative estimate of drug-likeness (QED) is 0.697. The molecule has 0 aliphatic carbocycles. The van der Waals surface area contributed by atoms with Crippen LogP contribution < -0.4 is 5.73 Å². The van der Waals surface area contributed by atoms with Gasteiger partial charge in [-0.2, -0.15) is 0 Å². The van der Waals surface area contributed by atoms with Gasteiger partial charge in [-0.05, 0) is 24.3 Å². The van der Waals surface area contributed by atoms with Gasteiger partial charge in [-0.1, -0.05) is 46.9 Å². The molecule has 100 valence electrons. The smallest absolute Gasteiger partial charge is 0.163 e. The van der Waals surface area contributed by atoms with E-state index in [-0.39, 0.29) is 0 Å². The number of nitrogen functional groups attached to an aromatic ring is 1. The van der Waals surface area contributed by atoms with Gasteiger partial charge in [-0.3, -0.25) is 0 Å². The molecule has 3 nitrogen and oxygen atoms in total. The van der Waals surface area contributed by atoms with Crippen LogP contribution in [0.4, 0.5) is 5.82 Å². The Kier molecular flexibility index (Phi) is 3.42. The van der Waals surface area contributed by atoms with Crippen molar-refractivity contribution in [1.82, 2.24) is 9.97 Å². The molecule has 3 rings (SSSR count). The molecule has 0 spiro atoms. The fraction of sp³-hybridized carbons (Fsp3) is 0. The first-order valence-corrected chi connectivity index (χ1v) is 6.87. The van der Waals surface area contributed by atoms with Gasteiger partial charge in [-0.25, -0.2) is 9.97 Å². The van der Waals surface area contributed by atoms with E-state index in [0.717, 1.165) is 0 Å². The van der Waals surface area contributed by atoms with Crippen molar-refractivity contribution in [2.24, 2.45) is 0 Å². The van der Waals surface area contributed by atoms with Crippen molar-refractivity contribution in [2.45, 2.75) is 0 Å². The third kappa shape index (κ3) is 2.29. The topological polar surface area (TPSA) is 51.8 Å². The van der Waals surface area contributed by atoms with E-state index >= 15 is 0 Å². The number of hydrogen-bond acceptors (Lipinski definition) is 3. The number of hydrogen-bond donors (Lipinski definition) is 1. The maximum atomic E-state index is 6.17. The normalized spacial score (nSPS) is 10.9. The predicted molar refractivity (Wildman–Crippen MR) is 84.4 cm³/mol. The molecule has 3 aromatic rings. The summed E-state index contributed by atoms with van der Waals surface area (Å²) in [4.78, 5) is 8.72. The number of anilines is 1. The van der Waals surface area contributed by atoms with E-state index in [0.29, 0.717) is 43.2 Å². The number of halogens is 3. The molecular weight excluding hydrogens is 317 g/mol. The van der Waals surface area contributed by atoms with Gasteiger partial charge in [0.05, 0.1) is 15.6 Å². The molecule has 2 N–H and O–H groups in total. The van der Waals surface area contributed by atoms with E-state index in [1.165, 1.54) is 0 Å². The van der Waals surface area contributed by atoms with E-state index in [1.807, 2.05) is 18.2 Å². The SMILES string of the molecule is Nc1nc(-c2ccccc2Cl)nc2c(Cl)cc(Cl)cc12. The summed E-state index contributed by atoms with van der Waals surface area (Å²) in [5.74, 6) is 0.749. The highest BCUT2D eigenvalue weighted by Gasteiger charge is 2.12. The minimum Gasteiger partial charge on any atom is -0.383 e. The van der Waals surface area contributed by atoms with Crippen molar-refractivity contribution in [1.29, 1.82) is 0 Å². The molecule has 1 heterocycles. The van der Waals surface area contributed by atoms with Crippen molar-refractivity contribution in [2.75, 3.05) is 5.73 Å². The molecule has 2 aromatic carbocycles. The summed E-state index contributed by atoms with van der Waals surface area (Å²) in [6.07, 6.45) is 0. The summed E-state index contributed by atoms with van der Waals surface area (Å²) < 4.78 is 0. The minimum absolute atomic E-state index is 0.314. The standard InChI is InChI=1S/C14H8Cl3N3/c15-7-5-9-12(11(17)6-7)19-14(20-13(9)18)8-3-1-2-4-10(8)16/h1-6H,(H2,18,19,20). The number of rotatable bonds is 1. The van der Waals surface area contributed by atoms with Crippen molar-refractivity contribution in [3.05, 3.63) is 51.5 Å². The second-order valence-corrected chi connectivity index (χ2v) is 5.45. The van der Waals surface area contributed by atoms with E-state index in [1.54, 1.807) is 18.2 Å². The van der Waals surface area contributed by atoms with E-state index in [9.17, 15) is 0 Å². The van der Waals surface area contributed by atoms with Crippen LogP contribution in [0.2, 0.25) is 15.1 Å². The Morgan fingerprint density at radius 3 is 2.40 bits per heavy atom. The summed E-state index contributed by atoms with van der Waals surface area (Å²) in [6, 6.07) is 10.6. The molecule has 0 radical (unpaired) electrons. The van der Waals surface area contributed by atoms with Crippen LogP contribution >= 0.6 is 34.8 Å². The molecule has 1 aromatic heterocycles. The number of aromatic nitrogens is 2. The number of fused-ring (bicyclic) bond motifs is 1. The zero-order valence-corrected chi connectivity index (χ0v) is 12.3. The average molecular weight is 325 g/mol. The largest absolute Gasteiger partial charge is 0.383 e. The molecule has 0 bridgehead atoms. The van der Waals surface area contributed by atoms with Crippen LogP contribution in [0, 0.1) is 0 Å². The highest BCUT2D eigenvalue weighted by Crippen LogP contribution is 2.32. The number of benzene rings is 2. The predicted octanol–water partition coefficient (Wildman–Crippen LogP) is 4.84. The lowest BCUT2D eigenvalue weighted by molar-refractivity contribution is 1.23. The monoisotopic (exact) mass is 323 g/mol. The maximum Gasteiger partial charge on any atom is 0.163 e. The first kappa shape index (κ1) is 13.4. The van der Waals surface area contributed by atoms with Crippen LogP contribution in [-0.2, 0) is 0 Å². The summed E-state index contributed by atoms with van der Waals surface area (Å²) in [6.45, 7) is 0. The third-order valence-electron chi connectivity index (χ3n) is 2.86. The second-order valence-electron chi connectivity index (χ2n) is 4.20. The van der Waals surface area contributed by atoms with Crippen LogP contribution in [0.1, 0.15) is 0 Å². The molecule has 0 aliphatic rings. The molecule has 20 heavy (non-hydrogen) atoms. The van der Waals surface area contributed by atoms with E-state index in [2.05, 4.69) is 9.97 Å². The Bertz CT molecular complexity index is 818. The van der Waals surface area contributed by atoms with Gasteiger partial charge in [0.15, 0.2) is 5.82 Å². The van der Waals surface area contributed by atoms with Crippen LogP contribution in [0.5, 0.6) is 0 Å². The van der Waals surface area contributed by atoms with E-state index in [4.69, 9.17) is 40.5 Å². The Balaban J connectivity index is 2.33. The summed E-state index contributed by atoms with van der Waals surface area (Å²) in [5.41, 5.74) is 7.23. The number of nitrogens with two attached hydrogens (primary N) is 1. The molecule has 0 atom stereocenters. The highest BCUT2D eigenvalue weighted by molar-refractivity contribution is 6.38. The first-order valence-electron chi connectivity index (χ1n) is 5.73. The van der Waals surface area contributed by atoms with Gasteiger partial charge in [0.1, 0.15) is 5.82 Å². The maximum absolute atomic E-state index is 6.17. The summed E-state index contributed by atoms with van der Waals surface area (Å²) in [5, 5.41) is 2.09. The summed E-state index contributed by atoms with van der Waals surface area (Å²) >= 11 is 18.3. The van der Waals surface area contributed by atoms with Crippen LogP contribution in [0.15, 0.2) is 36.4 Å². The molecule has 0 unspecified atom stereocenters. The van der Waals surface area contributed by atoms with Crippen molar-refractivity contribution >= 4 is 51.5 Å². The first-order chi connectivity index (χ1) is 9.56. The van der Waals surface area contributed by atoms with Gasteiger partial charge in [-0.15, -0.1) is 0 Å². The lowest BCUT2D eigenvalue weighted by atomic mass is 10.2. The van der Waals surface area contributed by atoms with Crippen molar-refractivity contribution in [3.63, 3.8) is 0 Å². The third-order valence-corrected chi connectivity index (χ3v) is 3.70. The molecular formula is C14H8Cl3N3. The number of nitrogens with zero attached hydrogens (tertiary/aromatic N) is 2. The van der Waals surface area contributed by atoms with Gasteiger partial charge in [0.2, 0.25) is 0 Å². The van der Waals surface area contributed by atoms with Crippen LogP contribution in [-0.4, -0.2) is 9.97 Å². The van der Waals surface area contributed by atoms with Crippen molar-refractivity contribution < 1.29 is 0 Å². The van der Waals surface area contributed by atoms with Gasteiger partial charge in [0, 0.05) is 16.0 Å². The average Bonchev–Trinajstić information content (AvgIpc) is 2.40. The second kappa shape index (κ2) is 5.09. The molecule has 0 saturated heterocycles. The fourth-order valence-electron chi connectivity index (χ4n) is 1.94. The Morgan fingerprint density at radius 2 is 1.65 bits per heavy atom. The molecule has 0 fully saturated rings. The molecule has 0 amide bonds. The highest BCUT2D eigenvalue weighted by atomic mass is 35.5. The Morgan fingerprint density at radius 1 is 0.900 bits per heavy atom. The Labute approximate surface area is 130 Å². The lowest BCUT2D eigenvalue weighted by Crippen LogP contribution is -1.98.